The second kappa shape index (κ2) is 6.15. The van der Waals surface area contributed by atoms with E-state index >= 15 is 0 Å². The van der Waals surface area contributed by atoms with E-state index in [2.05, 4.69) is 42.4 Å². The summed E-state index contributed by atoms with van der Waals surface area (Å²) in [6, 6.07) is 0.290. The van der Waals surface area contributed by atoms with Crippen molar-refractivity contribution in [1.29, 1.82) is 0 Å². The number of aromatic nitrogens is 2. The van der Waals surface area contributed by atoms with Gasteiger partial charge in [-0.05, 0) is 5.92 Å². The SMILES string of the molecule is COCC(Nc1nc(C(C)C)ns1)C(C)C. The number of hydrogen-bond donors (Lipinski definition) is 1. The minimum atomic E-state index is 0.290. The van der Waals surface area contributed by atoms with Crippen molar-refractivity contribution < 1.29 is 4.74 Å². The monoisotopic (exact) mass is 243 g/mol. The summed E-state index contributed by atoms with van der Waals surface area (Å²) >= 11 is 1.42. The molecule has 0 aliphatic heterocycles. The van der Waals surface area contributed by atoms with Gasteiger partial charge in [-0.25, -0.2) is 4.98 Å². The molecule has 1 atom stereocenters. The third-order valence-corrected chi connectivity index (χ3v) is 3.08. The van der Waals surface area contributed by atoms with E-state index in [9.17, 15) is 0 Å². The second-order valence-corrected chi connectivity index (χ2v) is 5.31. The molecule has 0 saturated heterocycles. The van der Waals surface area contributed by atoms with Gasteiger partial charge in [-0.2, -0.15) is 4.37 Å². The van der Waals surface area contributed by atoms with Crippen LogP contribution < -0.4 is 5.32 Å². The van der Waals surface area contributed by atoms with Gasteiger partial charge in [0.05, 0.1) is 12.6 Å². The molecule has 16 heavy (non-hydrogen) atoms. The Morgan fingerprint density at radius 1 is 1.31 bits per heavy atom. The number of rotatable bonds is 6. The van der Waals surface area contributed by atoms with Crippen molar-refractivity contribution in [3.05, 3.63) is 5.82 Å². The fourth-order valence-corrected chi connectivity index (χ4v) is 2.04. The van der Waals surface area contributed by atoms with Crippen LogP contribution >= 0.6 is 11.5 Å². The summed E-state index contributed by atoms with van der Waals surface area (Å²) in [5, 5.41) is 4.26. The third kappa shape index (κ3) is 3.72. The quantitative estimate of drug-likeness (QED) is 0.834. The first-order chi connectivity index (χ1) is 7.54. The number of nitrogens with one attached hydrogen (secondary N) is 1. The Balaban J connectivity index is 2.62. The normalized spacial score (nSPS) is 13.4. The van der Waals surface area contributed by atoms with Crippen LogP contribution in [0.3, 0.4) is 0 Å². The predicted octanol–water partition coefficient (Wildman–Crippen LogP) is 2.74. The van der Waals surface area contributed by atoms with Crippen LogP contribution in [0.1, 0.15) is 39.4 Å². The molecule has 0 amide bonds. The number of hydrogen-bond acceptors (Lipinski definition) is 5. The average Bonchev–Trinajstić information content (AvgIpc) is 2.65. The van der Waals surface area contributed by atoms with Crippen LogP contribution in [0.2, 0.25) is 0 Å². The molecule has 1 aromatic rings. The lowest BCUT2D eigenvalue weighted by Gasteiger charge is -2.20. The van der Waals surface area contributed by atoms with Gasteiger partial charge in [-0.3, -0.25) is 0 Å². The summed E-state index contributed by atoms with van der Waals surface area (Å²) in [7, 11) is 1.72. The molecule has 1 unspecified atom stereocenters. The number of methoxy groups -OCH3 is 1. The van der Waals surface area contributed by atoms with Crippen LogP contribution in [0.25, 0.3) is 0 Å². The minimum absolute atomic E-state index is 0.290. The highest BCUT2D eigenvalue weighted by Crippen LogP contribution is 2.19. The molecule has 1 aromatic heterocycles. The van der Waals surface area contributed by atoms with Gasteiger partial charge in [0.25, 0.3) is 0 Å². The predicted molar refractivity (Wildman–Crippen MR) is 68.1 cm³/mol. The van der Waals surface area contributed by atoms with Gasteiger partial charge in [0, 0.05) is 24.6 Å². The summed E-state index contributed by atoms with van der Waals surface area (Å²) in [5.41, 5.74) is 0. The zero-order chi connectivity index (χ0) is 12.1. The van der Waals surface area contributed by atoms with Gasteiger partial charge < -0.3 is 10.1 Å². The van der Waals surface area contributed by atoms with Crippen molar-refractivity contribution in [1.82, 2.24) is 9.36 Å². The summed E-state index contributed by atoms with van der Waals surface area (Å²) in [5.74, 6) is 1.80. The van der Waals surface area contributed by atoms with Crippen molar-refractivity contribution in [3.8, 4) is 0 Å². The molecular formula is C11H21N3OS. The smallest absolute Gasteiger partial charge is 0.202 e. The van der Waals surface area contributed by atoms with Gasteiger partial charge in [-0.1, -0.05) is 27.7 Å². The van der Waals surface area contributed by atoms with Gasteiger partial charge in [0.2, 0.25) is 5.13 Å². The van der Waals surface area contributed by atoms with Crippen molar-refractivity contribution in [3.63, 3.8) is 0 Å². The van der Waals surface area contributed by atoms with E-state index < -0.39 is 0 Å². The molecule has 1 rings (SSSR count). The van der Waals surface area contributed by atoms with E-state index in [1.54, 1.807) is 7.11 Å². The van der Waals surface area contributed by atoms with E-state index in [0.717, 1.165) is 11.0 Å². The van der Waals surface area contributed by atoms with Crippen LogP contribution in [0.15, 0.2) is 0 Å². The lowest BCUT2D eigenvalue weighted by atomic mass is 10.1. The van der Waals surface area contributed by atoms with E-state index in [0.29, 0.717) is 18.4 Å². The summed E-state index contributed by atoms with van der Waals surface area (Å²) < 4.78 is 9.50. The Hall–Kier alpha value is -0.680. The zero-order valence-corrected chi connectivity index (χ0v) is 11.5. The van der Waals surface area contributed by atoms with Gasteiger partial charge >= 0.3 is 0 Å². The topological polar surface area (TPSA) is 47.0 Å². The molecule has 4 nitrogen and oxygen atoms in total. The molecule has 0 spiro atoms. The van der Waals surface area contributed by atoms with Crippen LogP contribution in [-0.4, -0.2) is 29.1 Å². The maximum Gasteiger partial charge on any atom is 0.202 e. The Morgan fingerprint density at radius 3 is 2.44 bits per heavy atom. The number of ether oxygens (including phenoxy) is 1. The lowest BCUT2D eigenvalue weighted by Crippen LogP contribution is -2.30. The Morgan fingerprint density at radius 2 is 2.00 bits per heavy atom. The van der Waals surface area contributed by atoms with Crippen LogP contribution in [-0.2, 0) is 4.74 Å². The van der Waals surface area contributed by atoms with E-state index in [4.69, 9.17) is 4.74 Å². The maximum absolute atomic E-state index is 5.19. The first kappa shape index (κ1) is 13.4. The highest BCUT2D eigenvalue weighted by molar-refractivity contribution is 7.09. The number of nitrogens with zero attached hydrogens (tertiary/aromatic N) is 2. The molecule has 0 aliphatic rings. The van der Waals surface area contributed by atoms with E-state index in [1.165, 1.54) is 11.5 Å². The molecule has 1 heterocycles. The standard InChI is InChI=1S/C11H21N3OS/c1-7(2)9(6-15-5)12-11-13-10(8(3)4)14-16-11/h7-9H,6H2,1-5H3,(H,12,13,14). The molecule has 5 heteroatoms. The van der Waals surface area contributed by atoms with Crippen molar-refractivity contribution in [2.45, 2.75) is 39.7 Å². The fraction of sp³-hybridized carbons (Fsp3) is 0.818. The van der Waals surface area contributed by atoms with Crippen LogP contribution in [0.4, 0.5) is 5.13 Å². The molecule has 0 bridgehead atoms. The minimum Gasteiger partial charge on any atom is -0.383 e. The van der Waals surface area contributed by atoms with Crippen LogP contribution in [0.5, 0.6) is 0 Å². The van der Waals surface area contributed by atoms with Crippen molar-refractivity contribution in [2.24, 2.45) is 5.92 Å². The van der Waals surface area contributed by atoms with Gasteiger partial charge in [0.15, 0.2) is 0 Å². The molecule has 0 aromatic carbocycles. The Bertz CT molecular complexity index is 312. The largest absolute Gasteiger partial charge is 0.383 e. The third-order valence-electron chi connectivity index (χ3n) is 2.42. The van der Waals surface area contributed by atoms with Crippen LogP contribution in [0, 0.1) is 5.92 Å². The summed E-state index contributed by atoms with van der Waals surface area (Å²) in [6.07, 6.45) is 0. The van der Waals surface area contributed by atoms with Gasteiger partial charge in [0.1, 0.15) is 5.82 Å². The van der Waals surface area contributed by atoms with Gasteiger partial charge in [-0.15, -0.1) is 0 Å². The highest BCUT2D eigenvalue weighted by atomic mass is 32.1. The molecule has 92 valence electrons. The Kier molecular flexibility index (Phi) is 5.15. The molecule has 0 aliphatic carbocycles. The first-order valence-corrected chi connectivity index (χ1v) is 6.41. The van der Waals surface area contributed by atoms with Crippen molar-refractivity contribution >= 4 is 16.7 Å². The first-order valence-electron chi connectivity index (χ1n) is 5.63. The van der Waals surface area contributed by atoms with E-state index in [1.807, 2.05) is 0 Å². The highest BCUT2D eigenvalue weighted by Gasteiger charge is 2.15. The maximum atomic E-state index is 5.19. The lowest BCUT2D eigenvalue weighted by molar-refractivity contribution is 0.171. The summed E-state index contributed by atoms with van der Waals surface area (Å²) in [6.45, 7) is 9.22. The molecular weight excluding hydrogens is 222 g/mol. The molecule has 1 N–H and O–H groups in total. The molecule has 0 radical (unpaired) electrons. The fourth-order valence-electron chi connectivity index (χ4n) is 1.27. The summed E-state index contributed by atoms with van der Waals surface area (Å²) in [4.78, 5) is 4.45. The van der Waals surface area contributed by atoms with Crippen molar-refractivity contribution in [2.75, 3.05) is 19.0 Å². The Labute approximate surface area is 102 Å². The van der Waals surface area contributed by atoms with E-state index in [-0.39, 0.29) is 6.04 Å². The zero-order valence-electron chi connectivity index (χ0n) is 10.7. The number of anilines is 1. The second-order valence-electron chi connectivity index (χ2n) is 4.56. The molecule has 0 saturated carbocycles. The average molecular weight is 243 g/mol. The molecule has 0 fully saturated rings.